The van der Waals surface area contributed by atoms with Gasteiger partial charge in [-0.15, -0.1) is 0 Å². The van der Waals surface area contributed by atoms with Crippen molar-refractivity contribution >= 4 is 28.6 Å². The van der Waals surface area contributed by atoms with Crippen molar-refractivity contribution in [2.45, 2.75) is 6.42 Å². The number of likely N-dealkylation sites (tertiary alicyclic amines) is 1. The van der Waals surface area contributed by atoms with Crippen LogP contribution in [0.4, 0.5) is 0 Å². The molecule has 0 amide bonds. The Hall–Kier alpha value is -0.100. The largest absolute Gasteiger partial charge is 0.404 e. The van der Waals surface area contributed by atoms with Crippen molar-refractivity contribution in [3.05, 3.63) is 11.8 Å². The predicted molar refractivity (Wildman–Crippen MR) is 55.8 cm³/mol. The van der Waals surface area contributed by atoms with Gasteiger partial charge in [0.1, 0.15) is 0 Å². The van der Waals surface area contributed by atoms with E-state index in [0.29, 0.717) is 0 Å². The van der Waals surface area contributed by atoms with Crippen LogP contribution in [0.1, 0.15) is 6.42 Å². The standard InChI is InChI=1S/C7H12IN3/c1-11-3-2-6(4-9)7(5-11)10-8/h4H,2-3,5,9H2,1H3. The summed E-state index contributed by atoms with van der Waals surface area (Å²) in [6.07, 6.45) is 2.69. The Balaban J connectivity index is 2.72. The molecule has 1 aliphatic heterocycles. The van der Waals surface area contributed by atoms with Crippen LogP contribution in [0.2, 0.25) is 0 Å². The zero-order valence-electron chi connectivity index (χ0n) is 6.55. The molecule has 1 aliphatic rings. The fourth-order valence-corrected chi connectivity index (χ4v) is 1.61. The maximum absolute atomic E-state index is 5.45. The van der Waals surface area contributed by atoms with Crippen molar-refractivity contribution in [2.24, 2.45) is 8.94 Å². The highest BCUT2D eigenvalue weighted by Gasteiger charge is 2.15. The van der Waals surface area contributed by atoms with Gasteiger partial charge in [0, 0.05) is 13.1 Å². The van der Waals surface area contributed by atoms with E-state index in [2.05, 4.69) is 15.2 Å². The number of hydrogen-bond acceptors (Lipinski definition) is 3. The van der Waals surface area contributed by atoms with E-state index < -0.39 is 0 Å². The SMILES string of the molecule is CN1CCC(=CN)C(=NI)C1. The lowest BCUT2D eigenvalue weighted by molar-refractivity contribution is 0.373. The van der Waals surface area contributed by atoms with Crippen LogP contribution in [0.25, 0.3) is 0 Å². The van der Waals surface area contributed by atoms with Gasteiger partial charge in [0.05, 0.1) is 28.6 Å². The average Bonchev–Trinajstić information content (AvgIpc) is 2.04. The first-order valence-corrected chi connectivity index (χ1v) is 4.52. The van der Waals surface area contributed by atoms with E-state index in [9.17, 15) is 0 Å². The molecule has 62 valence electrons. The van der Waals surface area contributed by atoms with E-state index in [1.54, 1.807) is 6.20 Å². The summed E-state index contributed by atoms with van der Waals surface area (Å²) in [6, 6.07) is 0. The van der Waals surface area contributed by atoms with Crippen molar-refractivity contribution in [1.29, 1.82) is 0 Å². The number of hydrogen-bond donors (Lipinski definition) is 1. The Morgan fingerprint density at radius 2 is 2.45 bits per heavy atom. The van der Waals surface area contributed by atoms with Crippen molar-refractivity contribution < 1.29 is 0 Å². The van der Waals surface area contributed by atoms with E-state index >= 15 is 0 Å². The van der Waals surface area contributed by atoms with Crippen LogP contribution >= 0.6 is 22.9 Å². The molecule has 0 atom stereocenters. The van der Waals surface area contributed by atoms with E-state index in [4.69, 9.17) is 5.73 Å². The molecule has 0 aromatic heterocycles. The zero-order chi connectivity index (χ0) is 8.27. The molecule has 1 rings (SSSR count). The minimum absolute atomic E-state index is 0.923. The molecule has 2 N–H and O–H groups in total. The fourth-order valence-electron chi connectivity index (χ4n) is 1.15. The van der Waals surface area contributed by atoms with E-state index in [1.807, 2.05) is 22.9 Å². The summed E-state index contributed by atoms with van der Waals surface area (Å²) in [6.45, 7) is 2.00. The minimum Gasteiger partial charge on any atom is -0.404 e. The first kappa shape index (κ1) is 8.99. The second-order valence-electron chi connectivity index (χ2n) is 2.71. The Bertz CT molecular complexity index is 198. The average molecular weight is 265 g/mol. The van der Waals surface area contributed by atoms with Gasteiger partial charge >= 0.3 is 0 Å². The predicted octanol–water partition coefficient (Wildman–Crippen LogP) is 0.956. The molecular weight excluding hydrogens is 253 g/mol. The molecular formula is C7H12IN3. The van der Waals surface area contributed by atoms with Crippen LogP contribution < -0.4 is 5.73 Å². The number of nitrogens with zero attached hydrogens (tertiary/aromatic N) is 2. The van der Waals surface area contributed by atoms with Crippen LogP contribution in [-0.2, 0) is 0 Å². The highest BCUT2D eigenvalue weighted by Crippen LogP contribution is 2.12. The van der Waals surface area contributed by atoms with Crippen molar-refractivity contribution in [3.63, 3.8) is 0 Å². The van der Waals surface area contributed by atoms with E-state index in [-0.39, 0.29) is 0 Å². The van der Waals surface area contributed by atoms with Crippen LogP contribution in [0.15, 0.2) is 15.0 Å². The molecule has 1 heterocycles. The summed E-state index contributed by atoms with van der Waals surface area (Å²) >= 11 is 2.02. The molecule has 0 aliphatic carbocycles. The van der Waals surface area contributed by atoms with Gasteiger partial charge in [0.25, 0.3) is 0 Å². The maximum atomic E-state index is 5.45. The van der Waals surface area contributed by atoms with Gasteiger partial charge in [0.15, 0.2) is 0 Å². The number of halogens is 1. The zero-order valence-corrected chi connectivity index (χ0v) is 8.71. The van der Waals surface area contributed by atoms with Crippen LogP contribution in [0.3, 0.4) is 0 Å². The molecule has 3 nitrogen and oxygen atoms in total. The topological polar surface area (TPSA) is 41.6 Å². The normalized spacial score (nSPS) is 28.2. The van der Waals surface area contributed by atoms with Gasteiger partial charge in [-0.2, -0.15) is 0 Å². The Labute approximate surface area is 80.8 Å². The fraction of sp³-hybridized carbons (Fsp3) is 0.571. The third-order valence-corrected chi connectivity index (χ3v) is 2.44. The lowest BCUT2D eigenvalue weighted by Gasteiger charge is -2.24. The highest BCUT2D eigenvalue weighted by molar-refractivity contribution is 14.1. The maximum Gasteiger partial charge on any atom is 0.0834 e. The summed E-state index contributed by atoms with van der Waals surface area (Å²) < 4.78 is 4.15. The summed E-state index contributed by atoms with van der Waals surface area (Å²) in [7, 11) is 2.09. The first-order chi connectivity index (χ1) is 5.27. The second kappa shape index (κ2) is 4.06. The van der Waals surface area contributed by atoms with Crippen LogP contribution in [-0.4, -0.2) is 30.7 Å². The number of piperidine rings is 1. The molecule has 0 unspecified atom stereocenters. The van der Waals surface area contributed by atoms with Crippen LogP contribution in [0.5, 0.6) is 0 Å². The molecule has 0 radical (unpaired) electrons. The van der Waals surface area contributed by atoms with Crippen LogP contribution in [0, 0.1) is 0 Å². The second-order valence-corrected chi connectivity index (χ2v) is 3.19. The molecule has 0 bridgehead atoms. The van der Waals surface area contributed by atoms with Gasteiger partial charge in [-0.25, -0.2) is 3.21 Å². The summed E-state index contributed by atoms with van der Waals surface area (Å²) in [4.78, 5) is 2.24. The van der Waals surface area contributed by atoms with E-state index in [0.717, 1.165) is 25.2 Å². The van der Waals surface area contributed by atoms with Gasteiger partial charge in [-0.1, -0.05) is 0 Å². The van der Waals surface area contributed by atoms with E-state index in [1.165, 1.54) is 5.57 Å². The highest BCUT2D eigenvalue weighted by atomic mass is 127. The smallest absolute Gasteiger partial charge is 0.0834 e. The van der Waals surface area contributed by atoms with Crippen molar-refractivity contribution in [1.82, 2.24) is 4.90 Å². The van der Waals surface area contributed by atoms with Gasteiger partial charge in [-0.3, -0.25) is 0 Å². The molecule has 1 fully saturated rings. The molecule has 11 heavy (non-hydrogen) atoms. The summed E-state index contributed by atoms with van der Waals surface area (Å²) in [5, 5.41) is 0. The molecule has 0 spiro atoms. The molecule has 4 heteroatoms. The van der Waals surface area contributed by atoms with Gasteiger partial charge in [0.2, 0.25) is 0 Å². The van der Waals surface area contributed by atoms with Crippen molar-refractivity contribution in [2.75, 3.05) is 20.1 Å². The minimum atomic E-state index is 0.923. The lowest BCUT2D eigenvalue weighted by Crippen LogP contribution is -2.34. The Morgan fingerprint density at radius 1 is 1.73 bits per heavy atom. The first-order valence-electron chi connectivity index (χ1n) is 3.55. The molecule has 0 aromatic carbocycles. The summed E-state index contributed by atoms with van der Waals surface area (Å²) in [5.41, 5.74) is 7.75. The third-order valence-electron chi connectivity index (χ3n) is 1.86. The van der Waals surface area contributed by atoms with Gasteiger partial charge in [-0.05, 0) is 25.2 Å². The summed E-state index contributed by atoms with van der Waals surface area (Å²) in [5.74, 6) is 0. The molecule has 0 saturated carbocycles. The van der Waals surface area contributed by atoms with Gasteiger partial charge < -0.3 is 10.6 Å². The third kappa shape index (κ3) is 2.16. The number of nitrogens with two attached hydrogens (primary N) is 1. The molecule has 0 aromatic rings. The van der Waals surface area contributed by atoms with Crippen molar-refractivity contribution in [3.8, 4) is 0 Å². The number of rotatable bonds is 0. The molecule has 1 saturated heterocycles. The Kier molecular flexibility index (Phi) is 3.32. The Morgan fingerprint density at radius 3 is 3.00 bits per heavy atom. The monoisotopic (exact) mass is 265 g/mol. The quantitative estimate of drug-likeness (QED) is 0.663. The lowest BCUT2D eigenvalue weighted by atomic mass is 10.0.